The van der Waals surface area contributed by atoms with E-state index in [1.807, 2.05) is 18.2 Å². The van der Waals surface area contributed by atoms with Crippen LogP contribution in [0.5, 0.6) is 0 Å². The second-order valence-corrected chi connectivity index (χ2v) is 11.6. The molecule has 4 heterocycles. The van der Waals surface area contributed by atoms with E-state index in [0.29, 0.717) is 23.9 Å². The molecule has 2 fully saturated rings. The van der Waals surface area contributed by atoms with Crippen LogP contribution in [0.2, 0.25) is 5.02 Å². The molecule has 3 aromatic rings. The molecule has 1 N–H and O–H groups in total. The van der Waals surface area contributed by atoms with Gasteiger partial charge in [-0.15, -0.1) is 0 Å². The highest BCUT2D eigenvalue weighted by molar-refractivity contribution is 7.91. The third-order valence-corrected chi connectivity index (χ3v) is 8.84. The molecule has 1 unspecified atom stereocenters. The molecular weight excluding hydrogens is 508 g/mol. The SMILES string of the molecule is [O-][S+]1CCc2nc(N3CCN(c4ccc(Cl)cc4)CC3)nc(Nc3cccc(CN4CCOCC4)c3)c21. The molecule has 0 bridgehead atoms. The Morgan fingerprint density at radius 1 is 0.946 bits per heavy atom. The van der Waals surface area contributed by atoms with Crippen LogP contribution >= 0.6 is 11.6 Å². The first-order chi connectivity index (χ1) is 18.1. The van der Waals surface area contributed by atoms with Crippen molar-refractivity contribution >= 4 is 45.9 Å². The predicted octanol–water partition coefficient (Wildman–Crippen LogP) is 3.70. The maximum Gasteiger partial charge on any atom is 0.228 e. The van der Waals surface area contributed by atoms with Crippen LogP contribution in [-0.2, 0) is 28.9 Å². The number of rotatable bonds is 6. The molecule has 0 amide bonds. The molecule has 10 heteroatoms. The maximum atomic E-state index is 12.9. The quantitative estimate of drug-likeness (QED) is 0.476. The molecule has 6 rings (SSSR count). The lowest BCUT2D eigenvalue weighted by molar-refractivity contribution is 0.0342. The Bertz CT molecular complexity index is 1230. The fourth-order valence-electron chi connectivity index (χ4n) is 5.13. The van der Waals surface area contributed by atoms with Crippen LogP contribution in [0.3, 0.4) is 0 Å². The van der Waals surface area contributed by atoms with E-state index >= 15 is 0 Å². The van der Waals surface area contributed by atoms with Gasteiger partial charge in [-0.25, -0.2) is 4.98 Å². The minimum atomic E-state index is -1.09. The lowest BCUT2D eigenvalue weighted by Gasteiger charge is -2.36. The van der Waals surface area contributed by atoms with E-state index in [-0.39, 0.29) is 0 Å². The van der Waals surface area contributed by atoms with E-state index in [1.165, 1.54) is 11.3 Å². The lowest BCUT2D eigenvalue weighted by atomic mass is 10.2. The van der Waals surface area contributed by atoms with Gasteiger partial charge >= 0.3 is 0 Å². The van der Waals surface area contributed by atoms with Crippen LogP contribution in [0, 0.1) is 0 Å². The number of anilines is 4. The van der Waals surface area contributed by atoms with Crippen molar-refractivity contribution in [3.05, 3.63) is 64.8 Å². The molecule has 37 heavy (non-hydrogen) atoms. The van der Waals surface area contributed by atoms with Crippen LogP contribution in [0.1, 0.15) is 11.3 Å². The Morgan fingerprint density at radius 2 is 1.70 bits per heavy atom. The molecule has 1 atom stereocenters. The number of aromatic nitrogens is 2. The number of hydrogen-bond acceptors (Lipinski definition) is 8. The third-order valence-electron chi connectivity index (χ3n) is 7.13. The summed E-state index contributed by atoms with van der Waals surface area (Å²) in [6.45, 7) is 7.74. The third kappa shape index (κ3) is 5.66. The monoisotopic (exact) mass is 538 g/mol. The van der Waals surface area contributed by atoms with E-state index in [1.54, 1.807) is 0 Å². The largest absolute Gasteiger partial charge is 0.611 e. The number of hydrogen-bond donors (Lipinski definition) is 1. The Labute approximate surface area is 225 Å². The van der Waals surface area contributed by atoms with Gasteiger partial charge in [0.15, 0.2) is 5.82 Å². The van der Waals surface area contributed by atoms with Crippen LogP contribution in [0.25, 0.3) is 0 Å². The van der Waals surface area contributed by atoms with Gasteiger partial charge in [0.25, 0.3) is 0 Å². The minimum Gasteiger partial charge on any atom is -0.611 e. The fraction of sp³-hybridized carbons (Fsp3) is 0.407. The van der Waals surface area contributed by atoms with Gasteiger partial charge in [0, 0.05) is 68.6 Å². The van der Waals surface area contributed by atoms with Gasteiger partial charge < -0.3 is 24.4 Å². The zero-order chi connectivity index (χ0) is 25.2. The normalized spacial score (nSPS) is 20.2. The molecule has 8 nitrogen and oxygen atoms in total. The van der Waals surface area contributed by atoms with Gasteiger partial charge in [0.1, 0.15) is 11.4 Å². The molecule has 1 aromatic heterocycles. The summed E-state index contributed by atoms with van der Waals surface area (Å²) in [5, 5.41) is 4.24. The van der Waals surface area contributed by atoms with E-state index in [2.05, 4.69) is 50.3 Å². The van der Waals surface area contributed by atoms with Crippen molar-refractivity contribution in [2.24, 2.45) is 0 Å². The number of morpholine rings is 1. The highest BCUT2D eigenvalue weighted by atomic mass is 35.5. The average molecular weight is 539 g/mol. The first-order valence-corrected chi connectivity index (χ1v) is 14.5. The fourth-order valence-corrected chi connectivity index (χ4v) is 6.56. The predicted molar refractivity (Wildman–Crippen MR) is 149 cm³/mol. The number of fused-ring (bicyclic) bond motifs is 1. The van der Waals surface area contributed by atoms with Crippen molar-refractivity contribution < 1.29 is 9.29 Å². The highest BCUT2D eigenvalue weighted by Gasteiger charge is 2.33. The van der Waals surface area contributed by atoms with Gasteiger partial charge in [-0.1, -0.05) is 23.7 Å². The van der Waals surface area contributed by atoms with Crippen molar-refractivity contribution in [2.45, 2.75) is 17.9 Å². The van der Waals surface area contributed by atoms with Crippen molar-refractivity contribution in [1.82, 2.24) is 14.9 Å². The number of piperazine rings is 1. The second kappa shape index (κ2) is 11.0. The number of aryl methyl sites for hydroxylation is 1. The van der Waals surface area contributed by atoms with Crippen LogP contribution in [0.15, 0.2) is 53.4 Å². The van der Waals surface area contributed by atoms with Crippen LogP contribution in [-0.4, -0.2) is 77.7 Å². The Kier molecular flexibility index (Phi) is 7.39. The zero-order valence-electron chi connectivity index (χ0n) is 20.7. The van der Waals surface area contributed by atoms with Gasteiger partial charge in [0.05, 0.1) is 13.2 Å². The molecule has 0 spiro atoms. The van der Waals surface area contributed by atoms with Gasteiger partial charge in [-0.2, -0.15) is 4.98 Å². The number of halogens is 1. The number of nitrogens with one attached hydrogen (secondary N) is 1. The van der Waals surface area contributed by atoms with Crippen molar-refractivity contribution in [3.8, 4) is 0 Å². The van der Waals surface area contributed by atoms with Crippen molar-refractivity contribution in [3.63, 3.8) is 0 Å². The molecule has 0 aliphatic carbocycles. The first kappa shape index (κ1) is 24.8. The van der Waals surface area contributed by atoms with Crippen molar-refractivity contribution in [2.75, 3.05) is 73.4 Å². The molecule has 0 saturated carbocycles. The maximum absolute atomic E-state index is 12.9. The summed E-state index contributed by atoms with van der Waals surface area (Å²) in [6, 6.07) is 16.4. The van der Waals surface area contributed by atoms with Gasteiger partial charge in [-0.3, -0.25) is 4.90 Å². The lowest BCUT2D eigenvalue weighted by Crippen LogP contribution is -2.47. The molecular formula is C27H31ClN6O2S. The molecule has 3 aliphatic rings. The summed E-state index contributed by atoms with van der Waals surface area (Å²) in [5.74, 6) is 1.98. The van der Waals surface area contributed by atoms with Crippen LogP contribution in [0.4, 0.5) is 23.1 Å². The smallest absolute Gasteiger partial charge is 0.228 e. The Hall–Kier alpha value is -2.56. The minimum absolute atomic E-state index is 0.601. The summed E-state index contributed by atoms with van der Waals surface area (Å²) in [6.07, 6.45) is 0.716. The average Bonchev–Trinajstić information content (AvgIpc) is 3.31. The molecule has 2 saturated heterocycles. The van der Waals surface area contributed by atoms with Gasteiger partial charge in [0.2, 0.25) is 10.8 Å². The molecule has 2 aromatic carbocycles. The van der Waals surface area contributed by atoms with E-state index in [4.69, 9.17) is 26.3 Å². The summed E-state index contributed by atoms with van der Waals surface area (Å²) in [7, 11) is 0. The Morgan fingerprint density at radius 3 is 2.49 bits per heavy atom. The number of ether oxygens (including phenoxy) is 1. The topological polar surface area (TPSA) is 79.8 Å². The Balaban J connectivity index is 1.19. The van der Waals surface area contributed by atoms with Crippen molar-refractivity contribution in [1.29, 1.82) is 0 Å². The summed E-state index contributed by atoms with van der Waals surface area (Å²) < 4.78 is 18.3. The number of benzene rings is 2. The first-order valence-electron chi connectivity index (χ1n) is 12.8. The molecule has 194 valence electrons. The summed E-state index contributed by atoms with van der Waals surface area (Å²) >= 11 is 4.97. The second-order valence-electron chi connectivity index (χ2n) is 9.61. The molecule has 3 aliphatic heterocycles. The molecule has 0 radical (unpaired) electrons. The van der Waals surface area contributed by atoms with Gasteiger partial charge in [-0.05, 0) is 53.1 Å². The summed E-state index contributed by atoms with van der Waals surface area (Å²) in [4.78, 5) is 17.5. The number of nitrogens with zero attached hydrogens (tertiary/aromatic N) is 5. The standard InChI is InChI=1S/C27H31ClN6O2S/c28-21-4-6-23(7-5-21)33-9-11-34(12-10-33)27-30-24-8-17-37(35)25(24)26(31-27)29-22-3-1-2-20(18-22)19-32-13-15-36-16-14-32/h1-7,18H,8-17,19H2,(H,29,30,31). The van der Waals surface area contributed by atoms with E-state index < -0.39 is 11.2 Å². The van der Waals surface area contributed by atoms with Crippen LogP contribution < -0.4 is 15.1 Å². The van der Waals surface area contributed by atoms with E-state index in [9.17, 15) is 4.55 Å². The highest BCUT2D eigenvalue weighted by Crippen LogP contribution is 2.34. The zero-order valence-corrected chi connectivity index (χ0v) is 22.3. The van der Waals surface area contributed by atoms with E-state index in [0.717, 1.165) is 80.3 Å². The summed E-state index contributed by atoms with van der Waals surface area (Å²) in [5.41, 5.74) is 4.26.